The molecule has 0 aliphatic carbocycles. The molecule has 1 N–H and O–H groups in total. The van der Waals surface area contributed by atoms with Gasteiger partial charge in [-0.05, 0) is 44.9 Å². The number of nitrogens with zero attached hydrogens (tertiary/aromatic N) is 3. The normalized spacial score (nSPS) is 15.8. The zero-order valence-corrected chi connectivity index (χ0v) is 16.3. The maximum absolute atomic E-state index is 12.7. The van der Waals surface area contributed by atoms with Gasteiger partial charge < -0.3 is 9.88 Å². The van der Waals surface area contributed by atoms with Crippen LogP contribution in [0, 0.1) is 0 Å². The van der Waals surface area contributed by atoms with Gasteiger partial charge in [0, 0.05) is 39.0 Å². The summed E-state index contributed by atoms with van der Waals surface area (Å²) in [6.45, 7) is 5.02. The molecule has 3 rings (SSSR count). The van der Waals surface area contributed by atoms with Gasteiger partial charge in [0.05, 0.1) is 15.9 Å². The van der Waals surface area contributed by atoms with Crippen LogP contribution in [-0.2, 0) is 28.3 Å². The number of sulfonamides is 1. The molecule has 26 heavy (non-hydrogen) atoms. The first-order chi connectivity index (χ1) is 12.3. The van der Waals surface area contributed by atoms with E-state index in [4.69, 9.17) is 0 Å². The highest BCUT2D eigenvalue weighted by molar-refractivity contribution is 7.89. The fraction of sp³-hybridized carbons (Fsp3) is 0.556. The summed E-state index contributed by atoms with van der Waals surface area (Å²) in [6, 6.07) is 5.19. The minimum absolute atomic E-state index is 0.00986. The molecule has 2 heterocycles. The van der Waals surface area contributed by atoms with Gasteiger partial charge in [-0.3, -0.25) is 4.79 Å². The lowest BCUT2D eigenvalue weighted by Gasteiger charge is -2.15. The SMILES string of the molecule is CC(C)NC(=O)CCc1nc2cc(S(=O)(=O)N3CCCC3)ccc2n1C. The van der Waals surface area contributed by atoms with Crippen LogP contribution >= 0.6 is 0 Å². The predicted molar refractivity (Wildman–Crippen MR) is 100 cm³/mol. The number of carbonyl (C=O) groups excluding carboxylic acids is 1. The van der Waals surface area contributed by atoms with Crippen LogP contribution in [0.1, 0.15) is 38.9 Å². The van der Waals surface area contributed by atoms with Crippen molar-refractivity contribution in [3.05, 3.63) is 24.0 Å². The molecule has 1 aromatic heterocycles. The van der Waals surface area contributed by atoms with E-state index in [0.29, 0.717) is 31.4 Å². The summed E-state index contributed by atoms with van der Waals surface area (Å²) in [7, 11) is -1.56. The Bertz CT molecular complexity index is 912. The molecule has 1 aromatic carbocycles. The van der Waals surface area contributed by atoms with E-state index in [1.807, 2.05) is 25.5 Å². The van der Waals surface area contributed by atoms with E-state index in [9.17, 15) is 13.2 Å². The summed E-state index contributed by atoms with van der Waals surface area (Å²) in [5.74, 6) is 0.763. The largest absolute Gasteiger partial charge is 0.354 e. The highest BCUT2D eigenvalue weighted by Gasteiger charge is 2.27. The molecule has 1 saturated heterocycles. The highest BCUT2D eigenvalue weighted by Crippen LogP contribution is 2.25. The molecule has 0 radical (unpaired) electrons. The number of nitrogens with one attached hydrogen (secondary N) is 1. The van der Waals surface area contributed by atoms with Crippen LogP contribution in [0.2, 0.25) is 0 Å². The number of amides is 1. The Balaban J connectivity index is 1.83. The number of fused-ring (bicyclic) bond motifs is 1. The molecule has 1 aliphatic rings. The topological polar surface area (TPSA) is 84.3 Å². The molecule has 2 aromatic rings. The third kappa shape index (κ3) is 3.76. The second-order valence-corrected chi connectivity index (χ2v) is 9.01. The molecule has 1 amide bonds. The Morgan fingerprint density at radius 1 is 1.27 bits per heavy atom. The van der Waals surface area contributed by atoms with Crippen LogP contribution in [0.5, 0.6) is 0 Å². The maximum atomic E-state index is 12.7. The molecular formula is C18H26N4O3S. The predicted octanol–water partition coefficient (Wildman–Crippen LogP) is 1.81. The lowest BCUT2D eigenvalue weighted by atomic mass is 10.2. The summed E-state index contributed by atoms with van der Waals surface area (Å²) < 4.78 is 28.9. The van der Waals surface area contributed by atoms with Gasteiger partial charge in [-0.15, -0.1) is 0 Å². The van der Waals surface area contributed by atoms with E-state index in [1.54, 1.807) is 18.2 Å². The first-order valence-electron chi connectivity index (χ1n) is 9.04. The van der Waals surface area contributed by atoms with Crippen molar-refractivity contribution in [2.24, 2.45) is 7.05 Å². The van der Waals surface area contributed by atoms with Crippen molar-refractivity contribution in [1.82, 2.24) is 19.2 Å². The first kappa shape index (κ1) is 18.8. The first-order valence-corrected chi connectivity index (χ1v) is 10.5. The monoisotopic (exact) mass is 378 g/mol. The van der Waals surface area contributed by atoms with Crippen molar-refractivity contribution in [3.63, 3.8) is 0 Å². The van der Waals surface area contributed by atoms with E-state index in [0.717, 1.165) is 24.2 Å². The molecule has 0 saturated carbocycles. The van der Waals surface area contributed by atoms with Crippen LogP contribution in [0.15, 0.2) is 23.1 Å². The van der Waals surface area contributed by atoms with Crippen molar-refractivity contribution in [1.29, 1.82) is 0 Å². The van der Waals surface area contributed by atoms with Crippen molar-refractivity contribution >= 4 is 27.0 Å². The van der Waals surface area contributed by atoms with Gasteiger partial charge in [0.1, 0.15) is 5.82 Å². The molecule has 142 valence electrons. The number of carbonyl (C=O) groups is 1. The third-order valence-electron chi connectivity index (χ3n) is 4.67. The van der Waals surface area contributed by atoms with Crippen molar-refractivity contribution in [3.8, 4) is 0 Å². The molecule has 7 nitrogen and oxygen atoms in total. The minimum Gasteiger partial charge on any atom is -0.354 e. The molecule has 0 bridgehead atoms. The Labute approximate surface area is 154 Å². The lowest BCUT2D eigenvalue weighted by Crippen LogP contribution is -2.30. The number of aryl methyl sites for hydroxylation is 2. The molecule has 8 heteroatoms. The summed E-state index contributed by atoms with van der Waals surface area (Å²) in [6.07, 6.45) is 2.69. The summed E-state index contributed by atoms with van der Waals surface area (Å²) >= 11 is 0. The van der Waals surface area contributed by atoms with Crippen LogP contribution in [-0.4, -0.2) is 47.3 Å². The van der Waals surface area contributed by atoms with Crippen molar-refractivity contribution in [2.75, 3.05) is 13.1 Å². The number of aromatic nitrogens is 2. The van der Waals surface area contributed by atoms with Gasteiger partial charge in [-0.2, -0.15) is 4.31 Å². The van der Waals surface area contributed by atoms with E-state index >= 15 is 0 Å². The van der Waals surface area contributed by atoms with Crippen LogP contribution < -0.4 is 5.32 Å². The van der Waals surface area contributed by atoms with E-state index < -0.39 is 10.0 Å². The second kappa shape index (κ2) is 7.36. The van der Waals surface area contributed by atoms with Gasteiger partial charge in [0.25, 0.3) is 0 Å². The highest BCUT2D eigenvalue weighted by atomic mass is 32.2. The average Bonchev–Trinajstić information content (AvgIpc) is 3.21. The summed E-state index contributed by atoms with van der Waals surface area (Å²) in [5.41, 5.74) is 1.51. The van der Waals surface area contributed by atoms with Crippen LogP contribution in [0.25, 0.3) is 11.0 Å². The Hall–Kier alpha value is -1.93. The van der Waals surface area contributed by atoms with Crippen LogP contribution in [0.3, 0.4) is 0 Å². The average molecular weight is 378 g/mol. The number of hydrogen-bond donors (Lipinski definition) is 1. The zero-order valence-electron chi connectivity index (χ0n) is 15.5. The maximum Gasteiger partial charge on any atom is 0.243 e. The Morgan fingerprint density at radius 3 is 2.62 bits per heavy atom. The number of hydrogen-bond acceptors (Lipinski definition) is 4. The molecular weight excluding hydrogens is 352 g/mol. The van der Waals surface area contributed by atoms with Gasteiger partial charge in [0.15, 0.2) is 0 Å². The smallest absolute Gasteiger partial charge is 0.243 e. The standard InChI is InChI=1S/C18H26N4O3S/c1-13(2)19-18(23)9-8-17-20-15-12-14(6-7-16(15)21(17)3)26(24,25)22-10-4-5-11-22/h6-7,12-13H,4-5,8-11H2,1-3H3,(H,19,23). The molecule has 1 fully saturated rings. The molecule has 0 spiro atoms. The fourth-order valence-electron chi connectivity index (χ4n) is 3.31. The quantitative estimate of drug-likeness (QED) is 0.831. The van der Waals surface area contributed by atoms with E-state index in [-0.39, 0.29) is 16.8 Å². The molecule has 0 unspecified atom stereocenters. The number of imidazole rings is 1. The van der Waals surface area contributed by atoms with Gasteiger partial charge >= 0.3 is 0 Å². The van der Waals surface area contributed by atoms with Crippen LogP contribution in [0.4, 0.5) is 0 Å². The van der Waals surface area contributed by atoms with Gasteiger partial charge in [-0.1, -0.05) is 0 Å². The summed E-state index contributed by atoms with van der Waals surface area (Å²) in [5, 5.41) is 2.87. The lowest BCUT2D eigenvalue weighted by molar-refractivity contribution is -0.121. The summed E-state index contributed by atoms with van der Waals surface area (Å²) in [4.78, 5) is 16.7. The number of benzene rings is 1. The van der Waals surface area contributed by atoms with E-state index in [2.05, 4.69) is 10.3 Å². The zero-order chi connectivity index (χ0) is 18.9. The second-order valence-electron chi connectivity index (χ2n) is 7.07. The van der Waals surface area contributed by atoms with Crippen molar-refractivity contribution in [2.45, 2.75) is 50.5 Å². The van der Waals surface area contributed by atoms with Gasteiger partial charge in [-0.25, -0.2) is 13.4 Å². The Kier molecular flexibility index (Phi) is 5.34. The van der Waals surface area contributed by atoms with Gasteiger partial charge in [0.2, 0.25) is 15.9 Å². The number of rotatable bonds is 6. The molecule has 0 atom stereocenters. The fourth-order valence-corrected chi connectivity index (χ4v) is 4.85. The third-order valence-corrected chi connectivity index (χ3v) is 6.57. The van der Waals surface area contributed by atoms with Crippen molar-refractivity contribution < 1.29 is 13.2 Å². The minimum atomic E-state index is -3.45. The van der Waals surface area contributed by atoms with E-state index in [1.165, 1.54) is 4.31 Å². The molecule has 1 aliphatic heterocycles. The Morgan fingerprint density at radius 2 is 1.96 bits per heavy atom.